The molecule has 1 aliphatic carbocycles. The third-order valence-corrected chi connectivity index (χ3v) is 6.39. The van der Waals surface area contributed by atoms with Crippen molar-refractivity contribution >= 4 is 23.4 Å². The summed E-state index contributed by atoms with van der Waals surface area (Å²) < 4.78 is 1.90. The summed E-state index contributed by atoms with van der Waals surface area (Å²) in [7, 11) is 0. The molecule has 1 amide bonds. The Morgan fingerprint density at radius 2 is 1.79 bits per heavy atom. The summed E-state index contributed by atoms with van der Waals surface area (Å²) in [4.78, 5) is 13.3. The van der Waals surface area contributed by atoms with E-state index in [0.29, 0.717) is 11.2 Å². The molecule has 0 aliphatic heterocycles. The largest absolute Gasteiger partial charge is 0.325 e. The number of aromatic nitrogens is 4. The number of hydrogen-bond donors (Lipinski definition) is 1. The minimum atomic E-state index is -0.442. The first-order valence-corrected chi connectivity index (χ1v) is 10.9. The van der Waals surface area contributed by atoms with Crippen molar-refractivity contribution < 1.29 is 4.79 Å². The van der Waals surface area contributed by atoms with E-state index in [2.05, 4.69) is 26.9 Å². The van der Waals surface area contributed by atoms with Crippen LogP contribution in [0.25, 0.3) is 0 Å². The number of nitrogens with zero attached hydrogens (tertiary/aromatic N) is 4. The number of anilines is 1. The fraction of sp³-hybridized carbons (Fsp3) is 0.364. The van der Waals surface area contributed by atoms with E-state index in [1.54, 1.807) is 0 Å². The van der Waals surface area contributed by atoms with Crippen LogP contribution in [0.5, 0.6) is 0 Å². The first-order valence-electron chi connectivity index (χ1n) is 9.99. The van der Waals surface area contributed by atoms with Gasteiger partial charge in [0.1, 0.15) is 5.25 Å². The number of rotatable bonds is 6. The standard InChI is InChI=1S/C22H25N5OS/c1-15-12-16(2)14-18(13-15)23-21(28)20(17-8-4-3-5-9-17)29-22-24-25-26-27(22)19-10-6-7-11-19/h3-5,8-9,12-14,19-20H,6-7,10-11H2,1-2H3,(H,23,28). The van der Waals surface area contributed by atoms with Gasteiger partial charge < -0.3 is 5.32 Å². The Morgan fingerprint density at radius 1 is 1.10 bits per heavy atom. The van der Waals surface area contributed by atoms with Crippen molar-refractivity contribution in [1.82, 2.24) is 20.2 Å². The Kier molecular flexibility index (Phi) is 5.94. The molecule has 1 atom stereocenters. The van der Waals surface area contributed by atoms with Crippen molar-refractivity contribution in [3.8, 4) is 0 Å². The Bertz CT molecular complexity index is 962. The van der Waals surface area contributed by atoms with Gasteiger partial charge in [0.15, 0.2) is 0 Å². The molecule has 1 heterocycles. The van der Waals surface area contributed by atoms with Gasteiger partial charge in [-0.2, -0.15) is 0 Å². The number of benzene rings is 2. The fourth-order valence-corrected chi connectivity index (χ4v) is 4.95. The monoisotopic (exact) mass is 407 g/mol. The van der Waals surface area contributed by atoms with Crippen LogP contribution in [-0.4, -0.2) is 26.1 Å². The zero-order valence-corrected chi connectivity index (χ0v) is 17.5. The van der Waals surface area contributed by atoms with E-state index in [1.165, 1.54) is 24.6 Å². The van der Waals surface area contributed by atoms with E-state index in [4.69, 9.17) is 0 Å². The third kappa shape index (κ3) is 4.67. The first kappa shape index (κ1) is 19.6. The lowest BCUT2D eigenvalue weighted by atomic mass is 10.1. The van der Waals surface area contributed by atoms with Crippen molar-refractivity contribution in [2.24, 2.45) is 0 Å². The van der Waals surface area contributed by atoms with Gasteiger partial charge in [0.05, 0.1) is 6.04 Å². The molecule has 1 aromatic heterocycles. The molecule has 1 N–H and O–H groups in total. The van der Waals surface area contributed by atoms with Gasteiger partial charge in [-0.1, -0.05) is 61.0 Å². The molecule has 0 saturated heterocycles. The lowest BCUT2D eigenvalue weighted by Gasteiger charge is -2.18. The van der Waals surface area contributed by atoms with Crippen LogP contribution in [-0.2, 0) is 4.79 Å². The number of carbonyl (C=O) groups excluding carboxylic acids is 1. The molecule has 0 spiro atoms. The summed E-state index contributed by atoms with van der Waals surface area (Å²) in [6, 6.07) is 16.2. The Morgan fingerprint density at radius 3 is 2.48 bits per heavy atom. The van der Waals surface area contributed by atoms with E-state index in [1.807, 2.05) is 61.0 Å². The van der Waals surface area contributed by atoms with Gasteiger partial charge in [-0.05, 0) is 65.9 Å². The number of hydrogen-bond acceptors (Lipinski definition) is 5. The van der Waals surface area contributed by atoms with Gasteiger partial charge in [0.25, 0.3) is 0 Å². The predicted molar refractivity (Wildman–Crippen MR) is 115 cm³/mol. The van der Waals surface area contributed by atoms with Gasteiger partial charge >= 0.3 is 0 Å². The molecular formula is C22H25N5OS. The number of carbonyl (C=O) groups is 1. The highest BCUT2D eigenvalue weighted by atomic mass is 32.2. The molecule has 4 rings (SSSR count). The SMILES string of the molecule is Cc1cc(C)cc(NC(=O)C(Sc2nnnn2C2CCCC2)c2ccccc2)c1. The van der Waals surface area contributed by atoms with E-state index in [9.17, 15) is 4.79 Å². The minimum absolute atomic E-state index is 0.0767. The van der Waals surface area contributed by atoms with E-state index >= 15 is 0 Å². The molecule has 1 saturated carbocycles. The number of aryl methyl sites for hydroxylation is 2. The van der Waals surface area contributed by atoms with Gasteiger partial charge in [0.2, 0.25) is 11.1 Å². The summed E-state index contributed by atoms with van der Waals surface area (Å²) >= 11 is 1.41. The molecule has 29 heavy (non-hydrogen) atoms. The highest BCUT2D eigenvalue weighted by Crippen LogP contribution is 2.38. The first-order chi connectivity index (χ1) is 14.1. The lowest BCUT2D eigenvalue weighted by molar-refractivity contribution is -0.115. The summed E-state index contributed by atoms with van der Waals surface area (Å²) in [6.07, 6.45) is 4.57. The van der Waals surface area contributed by atoms with Crippen LogP contribution >= 0.6 is 11.8 Å². The van der Waals surface area contributed by atoms with Gasteiger partial charge in [-0.15, -0.1) is 5.10 Å². The van der Waals surface area contributed by atoms with Crippen molar-refractivity contribution in [3.05, 3.63) is 65.2 Å². The molecule has 6 nitrogen and oxygen atoms in total. The van der Waals surface area contributed by atoms with Crippen LogP contribution in [0.4, 0.5) is 5.69 Å². The molecule has 150 valence electrons. The average Bonchev–Trinajstić information content (AvgIpc) is 3.37. The Hall–Kier alpha value is -2.67. The zero-order chi connectivity index (χ0) is 20.2. The lowest BCUT2D eigenvalue weighted by Crippen LogP contribution is -2.20. The van der Waals surface area contributed by atoms with E-state index in [-0.39, 0.29) is 5.91 Å². The molecule has 0 bridgehead atoms. The quantitative estimate of drug-likeness (QED) is 0.590. The van der Waals surface area contributed by atoms with Gasteiger partial charge in [0, 0.05) is 5.69 Å². The number of nitrogens with one attached hydrogen (secondary N) is 1. The number of thioether (sulfide) groups is 1. The molecule has 1 unspecified atom stereocenters. The minimum Gasteiger partial charge on any atom is -0.325 e. The highest BCUT2D eigenvalue weighted by molar-refractivity contribution is 8.00. The predicted octanol–water partition coefficient (Wildman–Crippen LogP) is 4.88. The van der Waals surface area contributed by atoms with Crippen LogP contribution in [0, 0.1) is 13.8 Å². The third-order valence-electron chi connectivity index (χ3n) is 5.19. The maximum Gasteiger partial charge on any atom is 0.242 e. The maximum atomic E-state index is 13.3. The maximum absolute atomic E-state index is 13.3. The number of amides is 1. The second-order valence-electron chi connectivity index (χ2n) is 7.62. The van der Waals surface area contributed by atoms with Gasteiger partial charge in [-0.3, -0.25) is 4.79 Å². The summed E-state index contributed by atoms with van der Waals surface area (Å²) in [5.41, 5.74) is 3.98. The van der Waals surface area contributed by atoms with Crippen LogP contribution in [0.1, 0.15) is 53.7 Å². The smallest absolute Gasteiger partial charge is 0.242 e. The van der Waals surface area contributed by atoms with Crippen LogP contribution in [0.15, 0.2) is 53.7 Å². The van der Waals surface area contributed by atoms with Crippen LogP contribution in [0.2, 0.25) is 0 Å². The number of tetrazole rings is 1. The van der Waals surface area contributed by atoms with Crippen molar-refractivity contribution in [2.45, 2.75) is 56.0 Å². The highest BCUT2D eigenvalue weighted by Gasteiger charge is 2.28. The molecule has 2 aromatic carbocycles. The Labute approximate surface area is 175 Å². The van der Waals surface area contributed by atoms with Gasteiger partial charge in [-0.25, -0.2) is 4.68 Å². The molecule has 1 fully saturated rings. The topological polar surface area (TPSA) is 72.7 Å². The zero-order valence-electron chi connectivity index (χ0n) is 16.7. The van der Waals surface area contributed by atoms with E-state index in [0.717, 1.165) is 35.2 Å². The van der Waals surface area contributed by atoms with Crippen molar-refractivity contribution in [3.63, 3.8) is 0 Å². The summed E-state index contributed by atoms with van der Waals surface area (Å²) in [5, 5.41) is 15.7. The van der Waals surface area contributed by atoms with Crippen molar-refractivity contribution in [1.29, 1.82) is 0 Å². The van der Waals surface area contributed by atoms with Crippen LogP contribution < -0.4 is 5.32 Å². The fourth-order valence-electron chi connectivity index (χ4n) is 3.90. The average molecular weight is 408 g/mol. The molecule has 0 radical (unpaired) electrons. The molecule has 7 heteroatoms. The summed E-state index contributed by atoms with van der Waals surface area (Å²) in [6.45, 7) is 4.06. The second kappa shape index (κ2) is 8.78. The molecule has 3 aromatic rings. The Balaban J connectivity index is 1.61. The van der Waals surface area contributed by atoms with Crippen molar-refractivity contribution in [2.75, 3.05) is 5.32 Å². The normalized spacial score (nSPS) is 15.4. The molecule has 1 aliphatic rings. The summed E-state index contributed by atoms with van der Waals surface area (Å²) in [5.74, 6) is -0.0767. The van der Waals surface area contributed by atoms with Crippen LogP contribution in [0.3, 0.4) is 0 Å². The van der Waals surface area contributed by atoms with E-state index < -0.39 is 5.25 Å². The second-order valence-corrected chi connectivity index (χ2v) is 8.69. The molecular weight excluding hydrogens is 382 g/mol.